The van der Waals surface area contributed by atoms with Crippen LogP contribution in [0.1, 0.15) is 99.8 Å². The van der Waals surface area contributed by atoms with Gasteiger partial charge >= 0.3 is 0 Å². The van der Waals surface area contributed by atoms with Crippen molar-refractivity contribution in [2.24, 2.45) is 28.6 Å². The average Bonchev–Trinajstić information content (AvgIpc) is 3.06. The van der Waals surface area contributed by atoms with Crippen LogP contribution in [0.4, 0.5) is 0 Å². The number of allylic oxidation sites excluding steroid dienone is 1. The minimum absolute atomic E-state index is 0.136. The van der Waals surface area contributed by atoms with Gasteiger partial charge in [-0.1, -0.05) is 60.1 Å². The standard InChI is InChI=1S/C31H58O3Si2/c1-28(2,3)35(8,9)33-21-31-19-16-23(32)20-22(31)12-13-24-25-14-15-27(30(25,7)18-17-26(24)31)34-36(10,11)29(4,5)6/h12,23-27,32H,13-21H2,1-11H3/t23-,24-,25-,26-,27-,30-,31+/m0/s1. The Morgan fingerprint density at radius 1 is 0.889 bits per heavy atom. The first kappa shape index (κ1) is 29.0. The molecule has 3 fully saturated rings. The van der Waals surface area contributed by atoms with Crippen LogP contribution >= 0.6 is 0 Å². The fourth-order valence-electron chi connectivity index (χ4n) is 7.91. The second-order valence-electron chi connectivity index (χ2n) is 16.4. The van der Waals surface area contributed by atoms with Crippen molar-refractivity contribution in [3.8, 4) is 0 Å². The third kappa shape index (κ3) is 4.80. The molecule has 4 aliphatic carbocycles. The predicted molar refractivity (Wildman–Crippen MR) is 157 cm³/mol. The highest BCUT2D eigenvalue weighted by atomic mass is 28.4. The first-order valence-electron chi connectivity index (χ1n) is 15.0. The Labute approximate surface area is 225 Å². The third-order valence-electron chi connectivity index (χ3n) is 12.5. The largest absolute Gasteiger partial charge is 0.416 e. The van der Waals surface area contributed by atoms with Crippen molar-refractivity contribution >= 4 is 16.6 Å². The Morgan fingerprint density at radius 2 is 1.53 bits per heavy atom. The van der Waals surface area contributed by atoms with Gasteiger partial charge in [0.25, 0.3) is 0 Å². The van der Waals surface area contributed by atoms with Crippen LogP contribution in [0.2, 0.25) is 36.3 Å². The summed E-state index contributed by atoms with van der Waals surface area (Å²) in [6.45, 7) is 27.3. The van der Waals surface area contributed by atoms with Crippen molar-refractivity contribution in [1.82, 2.24) is 0 Å². The minimum atomic E-state index is -1.85. The van der Waals surface area contributed by atoms with Crippen LogP contribution in [0.5, 0.6) is 0 Å². The van der Waals surface area contributed by atoms with E-state index < -0.39 is 16.6 Å². The van der Waals surface area contributed by atoms with E-state index in [0.29, 0.717) is 17.4 Å². The maximum atomic E-state index is 10.6. The van der Waals surface area contributed by atoms with Crippen LogP contribution in [0, 0.1) is 28.6 Å². The van der Waals surface area contributed by atoms with Crippen LogP contribution in [-0.2, 0) is 8.85 Å². The van der Waals surface area contributed by atoms with E-state index in [1.54, 1.807) is 0 Å². The topological polar surface area (TPSA) is 38.7 Å². The summed E-state index contributed by atoms with van der Waals surface area (Å²) in [4.78, 5) is 0. The number of hydrogen-bond acceptors (Lipinski definition) is 3. The van der Waals surface area contributed by atoms with Gasteiger partial charge in [0.2, 0.25) is 0 Å². The van der Waals surface area contributed by atoms with Crippen molar-refractivity contribution in [3.63, 3.8) is 0 Å². The molecule has 0 bridgehead atoms. The Hall–Kier alpha value is 0.0538. The molecule has 0 aromatic heterocycles. The molecule has 3 nitrogen and oxygen atoms in total. The predicted octanol–water partition coefficient (Wildman–Crippen LogP) is 8.70. The zero-order valence-corrected chi connectivity index (χ0v) is 27.6. The average molecular weight is 535 g/mol. The molecule has 0 aromatic carbocycles. The van der Waals surface area contributed by atoms with E-state index in [4.69, 9.17) is 8.85 Å². The van der Waals surface area contributed by atoms with Gasteiger partial charge in [-0.05, 0) is 111 Å². The summed E-state index contributed by atoms with van der Waals surface area (Å²) in [5.41, 5.74) is 1.98. The van der Waals surface area contributed by atoms with Crippen molar-refractivity contribution < 1.29 is 14.0 Å². The monoisotopic (exact) mass is 534 g/mol. The molecular weight excluding hydrogens is 477 g/mol. The van der Waals surface area contributed by atoms with Gasteiger partial charge < -0.3 is 14.0 Å². The van der Waals surface area contributed by atoms with Crippen LogP contribution in [0.3, 0.4) is 0 Å². The summed E-state index contributed by atoms with van der Waals surface area (Å²) in [7, 11) is -3.64. The molecule has 0 heterocycles. The number of aliphatic hydroxyl groups excluding tert-OH is 1. The molecule has 0 spiro atoms. The highest BCUT2D eigenvalue weighted by Gasteiger charge is 2.61. The Morgan fingerprint density at radius 3 is 2.14 bits per heavy atom. The number of aliphatic hydroxyl groups is 1. The molecule has 7 atom stereocenters. The molecule has 4 rings (SSSR count). The first-order chi connectivity index (χ1) is 16.3. The fourth-order valence-corrected chi connectivity index (χ4v) is 10.4. The lowest BCUT2D eigenvalue weighted by Crippen LogP contribution is -2.56. The summed E-state index contributed by atoms with van der Waals surface area (Å²) < 4.78 is 14.2. The number of fused-ring (bicyclic) bond motifs is 5. The third-order valence-corrected chi connectivity index (χ3v) is 21.4. The first-order valence-corrected chi connectivity index (χ1v) is 20.9. The zero-order valence-electron chi connectivity index (χ0n) is 25.6. The van der Waals surface area contributed by atoms with Gasteiger partial charge in [0, 0.05) is 12.0 Å². The lowest BCUT2D eigenvalue weighted by molar-refractivity contribution is -0.0847. The normalized spacial score (nSPS) is 39.8. The Kier molecular flexibility index (Phi) is 7.52. The molecule has 36 heavy (non-hydrogen) atoms. The molecule has 0 radical (unpaired) electrons. The molecule has 0 unspecified atom stereocenters. The highest BCUT2D eigenvalue weighted by molar-refractivity contribution is 6.74. The van der Waals surface area contributed by atoms with Crippen molar-refractivity contribution in [1.29, 1.82) is 0 Å². The maximum Gasteiger partial charge on any atom is 0.192 e. The van der Waals surface area contributed by atoms with Gasteiger partial charge in [0.05, 0.1) is 12.2 Å². The van der Waals surface area contributed by atoms with Crippen molar-refractivity contribution in [3.05, 3.63) is 11.6 Å². The fraction of sp³-hybridized carbons (Fsp3) is 0.935. The summed E-state index contributed by atoms with van der Waals surface area (Å²) >= 11 is 0. The highest BCUT2D eigenvalue weighted by Crippen LogP contribution is 2.66. The lowest BCUT2D eigenvalue weighted by Gasteiger charge is -2.59. The van der Waals surface area contributed by atoms with Crippen LogP contribution < -0.4 is 0 Å². The maximum absolute atomic E-state index is 10.6. The van der Waals surface area contributed by atoms with Gasteiger partial charge in [-0.15, -0.1) is 0 Å². The zero-order chi connectivity index (χ0) is 26.9. The summed E-state index contributed by atoms with van der Waals surface area (Å²) in [6.07, 6.45) is 12.1. The smallest absolute Gasteiger partial charge is 0.192 e. The quantitative estimate of drug-likeness (QED) is 0.283. The molecule has 208 valence electrons. The van der Waals surface area contributed by atoms with Gasteiger partial charge in [-0.3, -0.25) is 0 Å². The molecule has 0 aromatic rings. The molecule has 0 aliphatic heterocycles. The molecule has 3 saturated carbocycles. The van der Waals surface area contributed by atoms with Crippen LogP contribution in [0.25, 0.3) is 0 Å². The van der Waals surface area contributed by atoms with E-state index in [1.807, 2.05) is 0 Å². The van der Waals surface area contributed by atoms with Gasteiger partial charge in [0.1, 0.15) is 0 Å². The van der Waals surface area contributed by atoms with E-state index in [2.05, 4.69) is 80.7 Å². The van der Waals surface area contributed by atoms with Gasteiger partial charge in [-0.2, -0.15) is 0 Å². The minimum Gasteiger partial charge on any atom is -0.416 e. The summed E-state index contributed by atoms with van der Waals surface area (Å²) in [6, 6.07) is 0. The molecule has 5 heteroatoms. The molecule has 1 N–H and O–H groups in total. The Bertz CT molecular complexity index is 851. The number of hydrogen-bond donors (Lipinski definition) is 1. The van der Waals surface area contributed by atoms with Crippen LogP contribution in [-0.4, -0.2) is 40.6 Å². The van der Waals surface area contributed by atoms with Gasteiger partial charge in [-0.25, -0.2) is 0 Å². The van der Waals surface area contributed by atoms with Crippen molar-refractivity contribution in [2.45, 2.75) is 148 Å². The second-order valence-corrected chi connectivity index (χ2v) is 26.0. The van der Waals surface area contributed by atoms with Crippen molar-refractivity contribution in [2.75, 3.05) is 6.61 Å². The number of rotatable bonds is 5. The molecule has 0 amide bonds. The van der Waals surface area contributed by atoms with E-state index in [1.165, 1.54) is 37.7 Å². The summed E-state index contributed by atoms with van der Waals surface area (Å²) in [5.74, 6) is 2.18. The SMILES string of the molecule is CC(C)(C)[Si](C)(C)OC[C@]12CC[C@H](O)CC1=CC[C@@H]1[C@@H]2CC[C@]2(C)[C@@H](O[Si](C)(C)C(C)(C)C)CC[C@@H]12. The van der Waals surface area contributed by atoms with E-state index in [0.717, 1.165) is 37.7 Å². The summed E-state index contributed by atoms with van der Waals surface area (Å²) in [5, 5.41) is 11.1. The molecule has 0 saturated heterocycles. The van der Waals surface area contributed by atoms with E-state index >= 15 is 0 Å². The van der Waals surface area contributed by atoms with Gasteiger partial charge in [0.15, 0.2) is 16.6 Å². The van der Waals surface area contributed by atoms with Crippen LogP contribution in [0.15, 0.2) is 11.6 Å². The van der Waals surface area contributed by atoms with E-state index in [9.17, 15) is 5.11 Å². The molecular formula is C31H58O3Si2. The second kappa shape index (κ2) is 9.32. The molecule has 4 aliphatic rings. The lowest BCUT2D eigenvalue weighted by atomic mass is 9.47. The Balaban J connectivity index is 1.61. The van der Waals surface area contributed by atoms with E-state index in [-0.39, 0.29) is 21.6 Å².